The van der Waals surface area contributed by atoms with E-state index >= 15 is 0 Å². The van der Waals surface area contributed by atoms with E-state index in [0.717, 1.165) is 13.0 Å². The highest BCUT2D eigenvalue weighted by Gasteiger charge is 2.36. The average molecular weight is 182 g/mol. The van der Waals surface area contributed by atoms with Crippen molar-refractivity contribution < 1.29 is 9.90 Å². The molecule has 1 fully saturated rings. The van der Waals surface area contributed by atoms with Crippen LogP contribution in [0.2, 0.25) is 0 Å². The van der Waals surface area contributed by atoms with Crippen molar-refractivity contribution in [2.75, 3.05) is 13.1 Å². The summed E-state index contributed by atoms with van der Waals surface area (Å²) in [7, 11) is 0. The summed E-state index contributed by atoms with van der Waals surface area (Å²) in [6, 6.07) is 0.0903. The minimum Gasteiger partial charge on any atom is -0.481 e. The highest BCUT2D eigenvalue weighted by Crippen LogP contribution is 2.24. The zero-order valence-electron chi connectivity index (χ0n) is 7.36. The second kappa shape index (κ2) is 3.38. The van der Waals surface area contributed by atoms with Gasteiger partial charge in [-0.2, -0.15) is 0 Å². The van der Waals surface area contributed by atoms with Gasteiger partial charge in [-0.25, -0.2) is 0 Å². The van der Waals surface area contributed by atoms with Crippen LogP contribution < -0.4 is 10.6 Å². The summed E-state index contributed by atoms with van der Waals surface area (Å²) in [6.45, 7) is 1.49. The molecule has 72 valence electrons. The molecule has 4 nitrogen and oxygen atoms in total. The Morgan fingerprint density at radius 3 is 3.15 bits per heavy atom. The first-order chi connectivity index (χ1) is 6.29. The molecule has 0 bridgehead atoms. The number of carboxylic acids is 1. The van der Waals surface area contributed by atoms with Crippen LogP contribution in [0.15, 0.2) is 12.3 Å². The van der Waals surface area contributed by atoms with Gasteiger partial charge in [0.2, 0.25) is 0 Å². The Morgan fingerprint density at radius 1 is 1.54 bits per heavy atom. The Labute approximate surface area is 77.0 Å². The van der Waals surface area contributed by atoms with E-state index in [9.17, 15) is 4.79 Å². The summed E-state index contributed by atoms with van der Waals surface area (Å²) in [5, 5.41) is 15.3. The van der Waals surface area contributed by atoms with E-state index in [2.05, 4.69) is 16.7 Å². The Hall–Kier alpha value is -1.03. The van der Waals surface area contributed by atoms with Gasteiger partial charge in [-0.15, -0.1) is 0 Å². The molecule has 4 heteroatoms. The molecule has 1 saturated heterocycles. The lowest BCUT2D eigenvalue weighted by atomic mass is 9.89. The van der Waals surface area contributed by atoms with Gasteiger partial charge in [-0.1, -0.05) is 6.08 Å². The SMILES string of the molecule is O=C(O)C1CNCCC2C=CNC21. The lowest BCUT2D eigenvalue weighted by molar-refractivity contribution is -0.142. The molecule has 0 spiro atoms. The van der Waals surface area contributed by atoms with Crippen molar-refractivity contribution >= 4 is 5.97 Å². The van der Waals surface area contributed by atoms with Crippen molar-refractivity contribution in [3.05, 3.63) is 12.3 Å². The summed E-state index contributed by atoms with van der Waals surface area (Å²) in [5.74, 6) is -0.626. The Bertz CT molecular complexity index is 240. The van der Waals surface area contributed by atoms with Crippen LogP contribution in [0.4, 0.5) is 0 Å². The first-order valence-electron chi connectivity index (χ1n) is 4.65. The fourth-order valence-electron chi connectivity index (χ4n) is 2.12. The number of carbonyl (C=O) groups is 1. The molecule has 0 radical (unpaired) electrons. The van der Waals surface area contributed by atoms with Crippen molar-refractivity contribution in [1.82, 2.24) is 10.6 Å². The first-order valence-corrected chi connectivity index (χ1v) is 4.65. The third-order valence-electron chi connectivity index (χ3n) is 2.86. The maximum Gasteiger partial charge on any atom is 0.309 e. The number of fused-ring (bicyclic) bond motifs is 1. The van der Waals surface area contributed by atoms with E-state index in [-0.39, 0.29) is 12.0 Å². The third kappa shape index (κ3) is 1.54. The summed E-state index contributed by atoms with van der Waals surface area (Å²) in [5.41, 5.74) is 0. The minimum absolute atomic E-state index is 0.0903. The molecule has 0 saturated carbocycles. The summed E-state index contributed by atoms with van der Waals surface area (Å²) >= 11 is 0. The largest absolute Gasteiger partial charge is 0.481 e. The number of carboxylic acid groups (broad SMARTS) is 1. The average Bonchev–Trinajstić information content (AvgIpc) is 2.44. The van der Waals surface area contributed by atoms with Crippen LogP contribution >= 0.6 is 0 Å². The van der Waals surface area contributed by atoms with Crippen LogP contribution in [-0.2, 0) is 4.79 Å². The number of aliphatic carboxylic acids is 1. The van der Waals surface area contributed by atoms with Gasteiger partial charge in [0, 0.05) is 18.5 Å². The van der Waals surface area contributed by atoms with E-state index in [4.69, 9.17) is 5.11 Å². The molecule has 0 amide bonds. The molecule has 2 heterocycles. The van der Waals surface area contributed by atoms with Crippen LogP contribution in [0.25, 0.3) is 0 Å². The van der Waals surface area contributed by atoms with E-state index in [0.29, 0.717) is 12.5 Å². The molecule has 2 aliphatic rings. The van der Waals surface area contributed by atoms with Crippen molar-refractivity contribution in [3.8, 4) is 0 Å². The molecule has 0 aromatic carbocycles. The van der Waals surface area contributed by atoms with Crippen molar-refractivity contribution in [2.45, 2.75) is 12.5 Å². The summed E-state index contributed by atoms with van der Waals surface area (Å²) < 4.78 is 0. The number of hydrogen-bond acceptors (Lipinski definition) is 3. The molecule has 0 aromatic rings. The van der Waals surface area contributed by atoms with Crippen LogP contribution in [0, 0.1) is 11.8 Å². The highest BCUT2D eigenvalue weighted by molar-refractivity contribution is 5.71. The number of hydrogen-bond donors (Lipinski definition) is 3. The van der Waals surface area contributed by atoms with Gasteiger partial charge in [0.05, 0.1) is 5.92 Å². The zero-order valence-corrected chi connectivity index (χ0v) is 7.36. The Morgan fingerprint density at radius 2 is 2.38 bits per heavy atom. The topological polar surface area (TPSA) is 61.4 Å². The summed E-state index contributed by atoms with van der Waals surface area (Å²) in [4.78, 5) is 10.9. The van der Waals surface area contributed by atoms with Gasteiger partial charge in [0.15, 0.2) is 0 Å². The van der Waals surface area contributed by atoms with Crippen LogP contribution in [0.5, 0.6) is 0 Å². The molecule has 3 atom stereocenters. The van der Waals surface area contributed by atoms with Gasteiger partial charge >= 0.3 is 5.97 Å². The molecular formula is C9H14N2O2. The molecule has 2 aliphatic heterocycles. The third-order valence-corrected chi connectivity index (χ3v) is 2.86. The standard InChI is InChI=1S/C9H14N2O2/c12-9(13)7-5-10-3-1-6-2-4-11-8(6)7/h2,4,6-8,10-11H,1,3,5H2,(H,12,13). The molecule has 0 aliphatic carbocycles. The predicted molar refractivity (Wildman–Crippen MR) is 48.2 cm³/mol. The monoisotopic (exact) mass is 182 g/mol. The fourth-order valence-corrected chi connectivity index (χ4v) is 2.12. The van der Waals surface area contributed by atoms with Crippen molar-refractivity contribution in [3.63, 3.8) is 0 Å². The highest BCUT2D eigenvalue weighted by atomic mass is 16.4. The fraction of sp³-hybridized carbons (Fsp3) is 0.667. The molecular weight excluding hydrogens is 168 g/mol. The number of rotatable bonds is 1. The van der Waals surface area contributed by atoms with Gasteiger partial charge in [-0.3, -0.25) is 4.79 Å². The van der Waals surface area contributed by atoms with E-state index in [1.807, 2.05) is 6.20 Å². The normalized spacial score (nSPS) is 37.7. The van der Waals surface area contributed by atoms with Gasteiger partial charge in [0.25, 0.3) is 0 Å². The minimum atomic E-state index is -0.708. The van der Waals surface area contributed by atoms with Crippen LogP contribution in [-0.4, -0.2) is 30.2 Å². The lowest BCUT2D eigenvalue weighted by Crippen LogP contribution is -2.41. The van der Waals surface area contributed by atoms with Crippen molar-refractivity contribution in [2.24, 2.45) is 11.8 Å². The second-order valence-electron chi connectivity index (χ2n) is 3.65. The second-order valence-corrected chi connectivity index (χ2v) is 3.65. The van der Waals surface area contributed by atoms with E-state index in [1.54, 1.807) is 0 Å². The number of nitrogens with one attached hydrogen (secondary N) is 2. The quantitative estimate of drug-likeness (QED) is 0.525. The van der Waals surface area contributed by atoms with Gasteiger partial charge in [0.1, 0.15) is 0 Å². The molecule has 3 unspecified atom stereocenters. The maximum atomic E-state index is 10.9. The van der Waals surface area contributed by atoms with Crippen molar-refractivity contribution in [1.29, 1.82) is 0 Å². The van der Waals surface area contributed by atoms with Crippen LogP contribution in [0.3, 0.4) is 0 Å². The molecule has 3 N–H and O–H groups in total. The molecule has 2 rings (SSSR count). The summed E-state index contributed by atoms with van der Waals surface area (Å²) in [6.07, 6.45) is 4.99. The lowest BCUT2D eigenvalue weighted by Gasteiger charge is -2.22. The van der Waals surface area contributed by atoms with Gasteiger partial charge < -0.3 is 15.7 Å². The Balaban J connectivity index is 2.13. The molecule has 13 heavy (non-hydrogen) atoms. The zero-order chi connectivity index (χ0) is 9.26. The maximum absolute atomic E-state index is 10.9. The smallest absolute Gasteiger partial charge is 0.309 e. The Kier molecular flexibility index (Phi) is 2.22. The van der Waals surface area contributed by atoms with E-state index < -0.39 is 5.97 Å². The predicted octanol–water partition coefficient (Wildman–Crippen LogP) is -0.218. The van der Waals surface area contributed by atoms with E-state index in [1.165, 1.54) is 0 Å². The van der Waals surface area contributed by atoms with Gasteiger partial charge in [-0.05, 0) is 19.2 Å². The van der Waals surface area contributed by atoms with Crippen LogP contribution in [0.1, 0.15) is 6.42 Å². The first kappa shape index (κ1) is 8.56. The molecule has 0 aromatic heterocycles.